The molecule has 1 saturated carbocycles. The van der Waals surface area contributed by atoms with Crippen LogP contribution in [0.3, 0.4) is 0 Å². The van der Waals surface area contributed by atoms with Gasteiger partial charge in [-0.3, -0.25) is 9.59 Å². The number of hydrogen-bond donors (Lipinski definition) is 2. The van der Waals surface area contributed by atoms with Crippen molar-refractivity contribution in [3.8, 4) is 0 Å². The third-order valence-electron chi connectivity index (χ3n) is 4.58. The van der Waals surface area contributed by atoms with Crippen LogP contribution in [0.2, 0.25) is 0 Å². The molecule has 0 heterocycles. The summed E-state index contributed by atoms with van der Waals surface area (Å²) >= 11 is 0. The highest BCUT2D eigenvalue weighted by molar-refractivity contribution is 6.05. The lowest BCUT2D eigenvalue weighted by molar-refractivity contribution is -0.136. The molecule has 1 aliphatic carbocycles. The summed E-state index contributed by atoms with van der Waals surface area (Å²) < 4.78 is 39.0. The number of nitrogens with one attached hydrogen (secondary N) is 2. The lowest BCUT2D eigenvalue weighted by atomic mass is 10.1. The molecular weight excluding hydrogens is 357 g/mol. The van der Waals surface area contributed by atoms with Crippen LogP contribution in [0.4, 0.5) is 18.9 Å². The second kappa shape index (κ2) is 7.82. The van der Waals surface area contributed by atoms with Gasteiger partial charge in [0.2, 0.25) is 0 Å². The molecule has 2 aromatic carbocycles. The molecule has 142 valence electrons. The number of rotatable bonds is 4. The Morgan fingerprint density at radius 2 is 1.41 bits per heavy atom. The van der Waals surface area contributed by atoms with Gasteiger partial charge in [0.15, 0.2) is 0 Å². The lowest BCUT2D eigenvalue weighted by Gasteiger charge is -2.14. The van der Waals surface area contributed by atoms with Crippen LogP contribution in [0.5, 0.6) is 0 Å². The first-order valence-electron chi connectivity index (χ1n) is 8.73. The van der Waals surface area contributed by atoms with Gasteiger partial charge in [-0.15, -0.1) is 0 Å². The Bertz CT molecular complexity index is 826. The maximum atomic E-state index is 13.0. The van der Waals surface area contributed by atoms with E-state index >= 15 is 0 Å². The first-order chi connectivity index (χ1) is 12.8. The van der Waals surface area contributed by atoms with Crippen molar-refractivity contribution in [2.45, 2.75) is 37.9 Å². The number of carbonyl (C=O) groups excluding carboxylic acids is 2. The van der Waals surface area contributed by atoms with Crippen LogP contribution in [-0.4, -0.2) is 17.9 Å². The predicted molar refractivity (Wildman–Crippen MR) is 95.6 cm³/mol. The predicted octanol–water partition coefficient (Wildman–Crippen LogP) is 4.63. The maximum Gasteiger partial charge on any atom is 0.418 e. The summed E-state index contributed by atoms with van der Waals surface area (Å²) in [6.07, 6.45) is -0.436. The van der Waals surface area contributed by atoms with Gasteiger partial charge >= 0.3 is 6.18 Å². The number of benzene rings is 2. The van der Waals surface area contributed by atoms with Gasteiger partial charge in [-0.2, -0.15) is 13.2 Å². The summed E-state index contributed by atoms with van der Waals surface area (Å²) in [6.45, 7) is 0. The van der Waals surface area contributed by atoms with Gasteiger partial charge in [-0.25, -0.2) is 0 Å². The second-order valence-electron chi connectivity index (χ2n) is 6.53. The molecule has 2 N–H and O–H groups in total. The summed E-state index contributed by atoms with van der Waals surface area (Å²) in [4.78, 5) is 24.5. The monoisotopic (exact) mass is 376 g/mol. The van der Waals surface area contributed by atoms with Crippen LogP contribution in [0.1, 0.15) is 52.0 Å². The van der Waals surface area contributed by atoms with Crippen molar-refractivity contribution in [2.75, 3.05) is 5.32 Å². The quantitative estimate of drug-likeness (QED) is 0.817. The van der Waals surface area contributed by atoms with Gasteiger partial charge < -0.3 is 10.6 Å². The second-order valence-corrected chi connectivity index (χ2v) is 6.53. The number of hydrogen-bond acceptors (Lipinski definition) is 2. The molecule has 2 aromatic rings. The maximum absolute atomic E-state index is 13.0. The molecule has 0 radical (unpaired) electrons. The first-order valence-corrected chi connectivity index (χ1v) is 8.73. The molecular formula is C20H19F3N2O2. The van der Waals surface area contributed by atoms with Gasteiger partial charge in [0.25, 0.3) is 11.8 Å². The van der Waals surface area contributed by atoms with Crippen molar-refractivity contribution in [1.29, 1.82) is 0 Å². The average molecular weight is 376 g/mol. The molecule has 0 unspecified atom stereocenters. The Hall–Kier alpha value is -2.83. The molecule has 1 fully saturated rings. The summed E-state index contributed by atoms with van der Waals surface area (Å²) in [5.74, 6) is -0.884. The Labute approximate surface area is 154 Å². The molecule has 3 rings (SSSR count). The van der Waals surface area contributed by atoms with Crippen molar-refractivity contribution in [3.63, 3.8) is 0 Å². The Balaban J connectivity index is 1.68. The number of amides is 2. The van der Waals surface area contributed by atoms with Crippen molar-refractivity contribution in [2.24, 2.45) is 0 Å². The third kappa shape index (κ3) is 4.67. The highest BCUT2D eigenvalue weighted by atomic mass is 19.4. The zero-order valence-corrected chi connectivity index (χ0v) is 14.5. The normalized spacial score (nSPS) is 14.8. The number of halogens is 3. The summed E-state index contributed by atoms with van der Waals surface area (Å²) in [5, 5.41) is 5.22. The fourth-order valence-corrected chi connectivity index (χ4v) is 3.15. The van der Waals surface area contributed by atoms with E-state index in [2.05, 4.69) is 10.6 Å². The minimum absolute atomic E-state index is 0.171. The van der Waals surface area contributed by atoms with Crippen LogP contribution in [0, 0.1) is 0 Å². The molecule has 4 nitrogen and oxygen atoms in total. The minimum Gasteiger partial charge on any atom is -0.349 e. The molecule has 7 heteroatoms. The number of alkyl halides is 3. The van der Waals surface area contributed by atoms with Crippen LogP contribution < -0.4 is 10.6 Å². The molecule has 0 spiro atoms. The summed E-state index contributed by atoms with van der Waals surface area (Å²) in [6, 6.07) is 10.8. The zero-order chi connectivity index (χ0) is 19.4. The summed E-state index contributed by atoms with van der Waals surface area (Å²) in [5.41, 5.74) is -0.637. The SMILES string of the molecule is O=C(Nc1ccccc1C(F)(F)F)c1ccc(C(=O)NC2CCCC2)cc1. The lowest BCUT2D eigenvalue weighted by Crippen LogP contribution is -2.32. The van der Waals surface area contributed by atoms with E-state index in [1.165, 1.54) is 42.5 Å². The molecule has 0 aromatic heterocycles. The van der Waals surface area contributed by atoms with Gasteiger partial charge in [-0.05, 0) is 49.2 Å². The smallest absolute Gasteiger partial charge is 0.349 e. The van der Waals surface area contributed by atoms with Crippen LogP contribution in [-0.2, 0) is 6.18 Å². The van der Waals surface area contributed by atoms with E-state index < -0.39 is 17.6 Å². The molecule has 0 saturated heterocycles. The Kier molecular flexibility index (Phi) is 5.48. The Morgan fingerprint density at radius 1 is 0.852 bits per heavy atom. The molecule has 0 aliphatic heterocycles. The van der Waals surface area contributed by atoms with Gasteiger partial charge in [0, 0.05) is 17.2 Å². The van der Waals surface area contributed by atoms with E-state index in [9.17, 15) is 22.8 Å². The fourth-order valence-electron chi connectivity index (χ4n) is 3.15. The topological polar surface area (TPSA) is 58.2 Å². The number of para-hydroxylation sites is 1. The fraction of sp³-hybridized carbons (Fsp3) is 0.300. The standard InChI is InChI=1S/C20H19F3N2O2/c21-20(22,23)16-7-3-4-8-17(16)25-19(27)14-11-9-13(10-12-14)18(26)24-15-5-1-2-6-15/h3-4,7-12,15H,1-2,5-6H2,(H,24,26)(H,25,27). The molecule has 1 aliphatic rings. The molecule has 2 amide bonds. The van der Waals surface area contributed by atoms with E-state index in [4.69, 9.17) is 0 Å². The zero-order valence-electron chi connectivity index (χ0n) is 14.5. The first kappa shape index (κ1) is 18.9. The van der Waals surface area contributed by atoms with Crippen LogP contribution >= 0.6 is 0 Å². The Morgan fingerprint density at radius 3 is 2.00 bits per heavy atom. The van der Waals surface area contributed by atoms with Crippen molar-refractivity contribution in [1.82, 2.24) is 5.32 Å². The largest absolute Gasteiger partial charge is 0.418 e. The molecule has 0 atom stereocenters. The van der Waals surface area contributed by atoms with Crippen molar-refractivity contribution >= 4 is 17.5 Å². The van der Waals surface area contributed by atoms with Gasteiger partial charge in [-0.1, -0.05) is 25.0 Å². The number of anilines is 1. The highest BCUT2D eigenvalue weighted by Gasteiger charge is 2.33. The molecule has 0 bridgehead atoms. The third-order valence-corrected chi connectivity index (χ3v) is 4.58. The van der Waals surface area contributed by atoms with E-state index in [1.807, 2.05) is 0 Å². The number of carbonyl (C=O) groups is 2. The minimum atomic E-state index is -4.56. The van der Waals surface area contributed by atoms with Crippen LogP contribution in [0.15, 0.2) is 48.5 Å². The summed E-state index contributed by atoms with van der Waals surface area (Å²) in [7, 11) is 0. The van der Waals surface area contributed by atoms with E-state index in [-0.39, 0.29) is 23.2 Å². The van der Waals surface area contributed by atoms with E-state index in [1.54, 1.807) is 0 Å². The van der Waals surface area contributed by atoms with Gasteiger partial charge in [0.1, 0.15) is 0 Å². The van der Waals surface area contributed by atoms with Crippen molar-refractivity contribution < 1.29 is 22.8 Å². The average Bonchev–Trinajstić information content (AvgIpc) is 3.14. The van der Waals surface area contributed by atoms with Crippen molar-refractivity contribution in [3.05, 3.63) is 65.2 Å². The molecule has 27 heavy (non-hydrogen) atoms. The van der Waals surface area contributed by atoms with E-state index in [0.717, 1.165) is 31.7 Å². The highest BCUT2D eigenvalue weighted by Crippen LogP contribution is 2.34. The van der Waals surface area contributed by atoms with E-state index in [0.29, 0.717) is 5.56 Å². The van der Waals surface area contributed by atoms with Crippen LogP contribution in [0.25, 0.3) is 0 Å². The van der Waals surface area contributed by atoms with Gasteiger partial charge in [0.05, 0.1) is 11.3 Å².